The van der Waals surface area contributed by atoms with Gasteiger partial charge in [-0.3, -0.25) is 4.72 Å². The number of sulfonamides is 1. The summed E-state index contributed by atoms with van der Waals surface area (Å²) in [5, 5.41) is 8.12. The van der Waals surface area contributed by atoms with Crippen LogP contribution in [0.1, 0.15) is 23.2 Å². The fourth-order valence-corrected chi connectivity index (χ4v) is 5.74. The Morgan fingerprint density at radius 1 is 1.23 bits per heavy atom. The molecule has 1 fully saturated rings. The van der Waals surface area contributed by atoms with Crippen molar-refractivity contribution in [3.63, 3.8) is 0 Å². The zero-order chi connectivity index (χ0) is 25.2. The lowest BCUT2D eigenvalue weighted by molar-refractivity contribution is -0.146. The third kappa shape index (κ3) is 5.64. The Labute approximate surface area is 205 Å². The average Bonchev–Trinajstić information content (AvgIpc) is 3.21. The smallest absolute Gasteiger partial charge is 0.338 e. The number of carboxylic acids is 1. The second-order valence-corrected chi connectivity index (χ2v) is 10.3. The summed E-state index contributed by atoms with van der Waals surface area (Å²) >= 11 is 5.91. The van der Waals surface area contributed by atoms with E-state index in [-0.39, 0.29) is 36.8 Å². The van der Waals surface area contributed by atoms with E-state index in [9.17, 15) is 27.5 Å². The number of anilines is 1. The molecule has 3 atom stereocenters. The first kappa shape index (κ1) is 25.1. The molecule has 1 saturated heterocycles. The maximum atomic E-state index is 13.3. The molecule has 0 amide bonds. The van der Waals surface area contributed by atoms with Crippen molar-refractivity contribution in [1.29, 1.82) is 0 Å². The van der Waals surface area contributed by atoms with Gasteiger partial charge in [-0.15, -0.1) is 0 Å². The van der Waals surface area contributed by atoms with Gasteiger partial charge in [-0.25, -0.2) is 22.4 Å². The van der Waals surface area contributed by atoms with Gasteiger partial charge in [-0.1, -0.05) is 29.8 Å². The van der Waals surface area contributed by atoms with Crippen LogP contribution in [0, 0.1) is 5.82 Å². The number of ether oxygens (including phenoxy) is 3. The number of rotatable bonds is 7. The molecule has 0 bridgehead atoms. The summed E-state index contributed by atoms with van der Waals surface area (Å²) in [6.07, 6.45) is 0.366. The molecule has 0 radical (unpaired) electrons. The number of hydrogen-bond donors (Lipinski definition) is 2. The van der Waals surface area contributed by atoms with Crippen LogP contribution in [-0.2, 0) is 29.0 Å². The molecule has 9 nitrogen and oxygen atoms in total. The molecule has 0 saturated carbocycles. The number of carbonyl (C=O) groups excluding carboxylic acids is 1. The van der Waals surface area contributed by atoms with E-state index in [4.69, 9.17) is 25.8 Å². The molecule has 12 heteroatoms. The zero-order valence-electron chi connectivity index (χ0n) is 18.1. The number of hydrogen-bond acceptors (Lipinski definition) is 7. The molecule has 1 spiro atoms. The summed E-state index contributed by atoms with van der Waals surface area (Å²) in [7, 11) is -4.26. The minimum absolute atomic E-state index is 0.0202. The van der Waals surface area contributed by atoms with Crippen LogP contribution in [0.25, 0.3) is 0 Å². The highest BCUT2D eigenvalue weighted by molar-refractivity contribution is 7.93. The molecular formula is C23H21ClFNO8S. The molecule has 0 aromatic heterocycles. The predicted octanol–water partition coefficient (Wildman–Crippen LogP) is 3.36. The Bertz CT molecular complexity index is 1270. The first-order valence-corrected chi connectivity index (χ1v) is 12.5. The van der Waals surface area contributed by atoms with E-state index in [1.165, 1.54) is 0 Å². The molecule has 2 aromatic carbocycles. The van der Waals surface area contributed by atoms with E-state index in [0.29, 0.717) is 5.56 Å². The van der Waals surface area contributed by atoms with Gasteiger partial charge in [-0.2, -0.15) is 0 Å². The largest absolute Gasteiger partial charge is 0.478 e. The van der Waals surface area contributed by atoms with E-state index in [1.54, 1.807) is 30.3 Å². The SMILES string of the molecule is O=C(O)C1=CC2(CCC1S(=O)(=O)Nc1ccc(F)cc1Cl)OC[C@H](COC(=O)c1ccccc1)O2. The van der Waals surface area contributed by atoms with E-state index < -0.39 is 50.5 Å². The lowest BCUT2D eigenvalue weighted by Gasteiger charge is -2.33. The van der Waals surface area contributed by atoms with Crippen molar-refractivity contribution < 1.29 is 41.7 Å². The maximum absolute atomic E-state index is 13.3. The number of benzene rings is 2. The van der Waals surface area contributed by atoms with Gasteiger partial charge in [0, 0.05) is 6.42 Å². The normalized spacial score (nSPS) is 24.1. The van der Waals surface area contributed by atoms with Crippen LogP contribution < -0.4 is 4.72 Å². The summed E-state index contributed by atoms with van der Waals surface area (Å²) < 4.78 is 58.3. The number of aliphatic carboxylic acids is 1. The van der Waals surface area contributed by atoms with Crippen LogP contribution in [0.15, 0.2) is 60.2 Å². The summed E-state index contributed by atoms with van der Waals surface area (Å²) in [5.41, 5.74) is -0.149. The molecule has 35 heavy (non-hydrogen) atoms. The predicted molar refractivity (Wildman–Crippen MR) is 123 cm³/mol. The second-order valence-electron chi connectivity index (χ2n) is 8.03. The number of esters is 1. The van der Waals surface area contributed by atoms with Gasteiger partial charge >= 0.3 is 11.9 Å². The minimum Gasteiger partial charge on any atom is -0.478 e. The lowest BCUT2D eigenvalue weighted by Crippen LogP contribution is -2.42. The van der Waals surface area contributed by atoms with Crippen LogP contribution in [0.3, 0.4) is 0 Å². The average molecular weight is 526 g/mol. The summed E-state index contributed by atoms with van der Waals surface area (Å²) in [4.78, 5) is 24.1. The fourth-order valence-electron chi connectivity index (χ4n) is 3.91. The number of carboxylic acid groups (broad SMARTS) is 1. The Balaban J connectivity index is 1.46. The zero-order valence-corrected chi connectivity index (χ0v) is 19.7. The highest BCUT2D eigenvalue weighted by atomic mass is 35.5. The molecule has 2 N–H and O–H groups in total. The van der Waals surface area contributed by atoms with Crippen molar-refractivity contribution in [2.45, 2.75) is 30.0 Å². The Morgan fingerprint density at radius 2 is 1.97 bits per heavy atom. The third-order valence-corrected chi connectivity index (χ3v) is 7.63. The van der Waals surface area contributed by atoms with Crippen LogP contribution in [0.4, 0.5) is 10.1 Å². The third-order valence-electron chi connectivity index (χ3n) is 5.57. The molecule has 186 valence electrons. The highest BCUT2D eigenvalue weighted by Crippen LogP contribution is 2.39. The molecular weight excluding hydrogens is 505 g/mol. The Kier molecular flexibility index (Phi) is 7.13. The summed E-state index contributed by atoms with van der Waals surface area (Å²) in [6.45, 7) is -0.107. The van der Waals surface area contributed by atoms with Crippen LogP contribution in [0.2, 0.25) is 5.02 Å². The first-order valence-electron chi connectivity index (χ1n) is 10.6. The topological polar surface area (TPSA) is 128 Å². The summed E-state index contributed by atoms with van der Waals surface area (Å²) in [5.74, 6) is -4.12. The van der Waals surface area contributed by atoms with Crippen LogP contribution >= 0.6 is 11.6 Å². The summed E-state index contributed by atoms with van der Waals surface area (Å²) in [6, 6.07) is 11.5. The van der Waals surface area contributed by atoms with Crippen LogP contribution in [0.5, 0.6) is 0 Å². The molecule has 1 aliphatic heterocycles. The lowest BCUT2D eigenvalue weighted by atomic mass is 9.94. The van der Waals surface area contributed by atoms with Gasteiger partial charge in [0.1, 0.15) is 23.8 Å². The highest BCUT2D eigenvalue weighted by Gasteiger charge is 2.48. The van der Waals surface area contributed by atoms with E-state index in [2.05, 4.69) is 4.72 Å². The van der Waals surface area contributed by atoms with E-state index in [0.717, 1.165) is 24.3 Å². The molecule has 1 aliphatic carbocycles. The maximum Gasteiger partial charge on any atom is 0.338 e. The second kappa shape index (κ2) is 9.94. The molecule has 4 rings (SSSR count). The van der Waals surface area contributed by atoms with E-state index >= 15 is 0 Å². The van der Waals surface area contributed by atoms with Crippen molar-refractivity contribution in [2.75, 3.05) is 17.9 Å². The number of nitrogens with one attached hydrogen (secondary N) is 1. The molecule has 1 heterocycles. The monoisotopic (exact) mass is 525 g/mol. The van der Waals surface area contributed by atoms with Crippen molar-refractivity contribution in [3.8, 4) is 0 Å². The van der Waals surface area contributed by atoms with Gasteiger partial charge in [0.15, 0.2) is 5.79 Å². The minimum atomic E-state index is -4.26. The van der Waals surface area contributed by atoms with Crippen molar-refractivity contribution in [2.24, 2.45) is 0 Å². The van der Waals surface area contributed by atoms with Gasteiger partial charge in [0.2, 0.25) is 10.0 Å². The molecule has 2 aromatic rings. The quantitative estimate of drug-likeness (QED) is 0.527. The first-order chi connectivity index (χ1) is 16.6. The Morgan fingerprint density at radius 3 is 2.66 bits per heavy atom. The molecule has 2 aliphatic rings. The van der Waals surface area contributed by atoms with Gasteiger partial charge < -0.3 is 19.3 Å². The van der Waals surface area contributed by atoms with Crippen LogP contribution in [-0.4, -0.2) is 55.8 Å². The van der Waals surface area contributed by atoms with Crippen molar-refractivity contribution in [3.05, 3.63) is 76.6 Å². The van der Waals surface area contributed by atoms with Gasteiger partial charge in [0.25, 0.3) is 0 Å². The number of halogens is 2. The Hall–Kier alpha value is -2.99. The van der Waals surface area contributed by atoms with Gasteiger partial charge in [0.05, 0.1) is 28.5 Å². The molecule has 2 unspecified atom stereocenters. The van der Waals surface area contributed by atoms with Crippen molar-refractivity contribution >= 4 is 39.3 Å². The number of carbonyl (C=O) groups is 2. The standard InChI is InChI=1S/C23H21ClFNO8S/c24-18-10-15(25)6-7-19(18)26-35(30,31)20-8-9-23(11-17(20)21(27)28)33-13-16(34-23)12-32-22(29)14-4-2-1-3-5-14/h1-7,10-11,16,20,26H,8-9,12-13H2,(H,27,28)/t16-,20?,23?/m0/s1. The van der Waals surface area contributed by atoms with Crippen molar-refractivity contribution in [1.82, 2.24) is 0 Å². The van der Waals surface area contributed by atoms with Gasteiger partial charge in [-0.05, 0) is 42.8 Å². The van der Waals surface area contributed by atoms with E-state index in [1.807, 2.05) is 0 Å². The fraction of sp³-hybridized carbons (Fsp3) is 0.304.